The summed E-state index contributed by atoms with van der Waals surface area (Å²) in [4.78, 5) is 0. The van der Waals surface area contributed by atoms with E-state index in [4.69, 9.17) is 16.0 Å². The highest BCUT2D eigenvalue weighted by Gasteiger charge is 2.02. The van der Waals surface area contributed by atoms with E-state index < -0.39 is 0 Å². The minimum absolute atomic E-state index is 0.520. The molecule has 0 aliphatic rings. The highest BCUT2D eigenvalue weighted by molar-refractivity contribution is 6.30. The highest BCUT2D eigenvalue weighted by atomic mass is 35.5. The van der Waals surface area contributed by atoms with Crippen LogP contribution in [0.5, 0.6) is 0 Å². The van der Waals surface area contributed by atoms with Crippen LogP contribution >= 0.6 is 11.6 Å². The van der Waals surface area contributed by atoms with E-state index in [2.05, 4.69) is 15.5 Å². The van der Waals surface area contributed by atoms with Gasteiger partial charge in [-0.15, -0.1) is 10.2 Å². The Morgan fingerprint density at radius 2 is 1.95 bits per heavy atom. The van der Waals surface area contributed by atoms with Crippen molar-refractivity contribution >= 4 is 17.3 Å². The monoisotopic (exact) mass is 285 g/mol. The third-order valence-electron chi connectivity index (χ3n) is 2.88. The van der Waals surface area contributed by atoms with Gasteiger partial charge in [-0.2, -0.15) is 0 Å². The maximum Gasteiger partial charge on any atom is 0.247 e. The molecule has 0 bridgehead atoms. The third-order valence-corrected chi connectivity index (χ3v) is 3.11. The van der Waals surface area contributed by atoms with Crippen LogP contribution in [0.2, 0.25) is 5.02 Å². The standard InChI is InChI=1S/C15H12ClN3O/c16-13-3-1-2-11(8-13)9-17-14-6-4-12(5-7-14)15-19-18-10-20-15/h1-8,10,17H,9H2. The fourth-order valence-corrected chi connectivity index (χ4v) is 2.09. The lowest BCUT2D eigenvalue weighted by atomic mass is 10.2. The summed E-state index contributed by atoms with van der Waals surface area (Å²) < 4.78 is 5.14. The van der Waals surface area contributed by atoms with E-state index in [9.17, 15) is 0 Å². The van der Waals surface area contributed by atoms with Gasteiger partial charge in [-0.1, -0.05) is 23.7 Å². The fraction of sp³-hybridized carbons (Fsp3) is 0.0667. The van der Waals surface area contributed by atoms with E-state index >= 15 is 0 Å². The van der Waals surface area contributed by atoms with Gasteiger partial charge in [0.2, 0.25) is 12.3 Å². The number of hydrogen-bond acceptors (Lipinski definition) is 4. The summed E-state index contributed by atoms with van der Waals surface area (Å²) in [6.07, 6.45) is 1.32. The average molecular weight is 286 g/mol. The van der Waals surface area contributed by atoms with Gasteiger partial charge in [0.25, 0.3) is 0 Å². The van der Waals surface area contributed by atoms with Gasteiger partial charge >= 0.3 is 0 Å². The Hall–Kier alpha value is -2.33. The molecule has 4 nitrogen and oxygen atoms in total. The number of rotatable bonds is 4. The Kier molecular flexibility index (Phi) is 3.65. The number of aromatic nitrogens is 2. The van der Waals surface area contributed by atoms with Crippen LogP contribution in [0.15, 0.2) is 59.3 Å². The zero-order valence-electron chi connectivity index (χ0n) is 10.6. The molecule has 0 amide bonds. The molecule has 1 aromatic heterocycles. The average Bonchev–Trinajstić information content (AvgIpc) is 3.00. The largest absolute Gasteiger partial charge is 0.423 e. The van der Waals surface area contributed by atoms with Gasteiger partial charge in [-0.05, 0) is 42.0 Å². The zero-order valence-corrected chi connectivity index (χ0v) is 11.3. The predicted octanol–water partition coefficient (Wildman–Crippen LogP) is 4.00. The van der Waals surface area contributed by atoms with Crippen LogP contribution < -0.4 is 5.32 Å². The first-order valence-corrected chi connectivity index (χ1v) is 6.54. The summed E-state index contributed by atoms with van der Waals surface area (Å²) in [5.41, 5.74) is 3.06. The van der Waals surface area contributed by atoms with Crippen molar-refractivity contribution in [3.63, 3.8) is 0 Å². The Morgan fingerprint density at radius 1 is 1.10 bits per heavy atom. The van der Waals surface area contributed by atoms with E-state index in [1.807, 2.05) is 48.5 Å². The molecule has 0 saturated heterocycles. The topological polar surface area (TPSA) is 51.0 Å². The molecule has 3 aromatic rings. The zero-order chi connectivity index (χ0) is 13.8. The second kappa shape index (κ2) is 5.75. The van der Waals surface area contributed by atoms with Gasteiger partial charge in [0.15, 0.2) is 0 Å². The molecular weight excluding hydrogens is 274 g/mol. The molecule has 0 aliphatic heterocycles. The summed E-state index contributed by atoms with van der Waals surface area (Å²) in [7, 11) is 0. The summed E-state index contributed by atoms with van der Waals surface area (Å²) in [6.45, 7) is 0.723. The molecule has 1 heterocycles. The van der Waals surface area contributed by atoms with E-state index in [1.54, 1.807) is 0 Å². The van der Waals surface area contributed by atoms with Crippen molar-refractivity contribution in [1.29, 1.82) is 0 Å². The van der Waals surface area contributed by atoms with Crippen LogP contribution in [-0.2, 0) is 6.54 Å². The minimum Gasteiger partial charge on any atom is -0.423 e. The van der Waals surface area contributed by atoms with Crippen molar-refractivity contribution < 1.29 is 4.42 Å². The van der Waals surface area contributed by atoms with E-state index in [-0.39, 0.29) is 0 Å². The summed E-state index contributed by atoms with van der Waals surface area (Å²) >= 11 is 5.95. The molecule has 100 valence electrons. The van der Waals surface area contributed by atoms with E-state index in [1.165, 1.54) is 6.39 Å². The SMILES string of the molecule is Clc1cccc(CNc2ccc(-c3nnco3)cc2)c1. The molecule has 0 saturated carbocycles. The highest BCUT2D eigenvalue weighted by Crippen LogP contribution is 2.19. The maximum absolute atomic E-state index is 5.95. The van der Waals surface area contributed by atoms with Crippen molar-refractivity contribution in [2.24, 2.45) is 0 Å². The lowest BCUT2D eigenvalue weighted by Crippen LogP contribution is -1.98. The lowest BCUT2D eigenvalue weighted by Gasteiger charge is -2.07. The molecule has 0 fully saturated rings. The quantitative estimate of drug-likeness (QED) is 0.787. The summed E-state index contributed by atoms with van der Waals surface area (Å²) in [5.74, 6) is 0.520. The van der Waals surface area contributed by atoms with Gasteiger partial charge in [0.1, 0.15) is 0 Å². The molecule has 0 spiro atoms. The Bertz CT molecular complexity index is 681. The molecule has 0 radical (unpaired) electrons. The number of nitrogens with one attached hydrogen (secondary N) is 1. The summed E-state index contributed by atoms with van der Waals surface area (Å²) in [5, 5.41) is 11.6. The van der Waals surface area contributed by atoms with Gasteiger partial charge in [-0.25, -0.2) is 0 Å². The fourth-order valence-electron chi connectivity index (χ4n) is 1.88. The van der Waals surface area contributed by atoms with Crippen LogP contribution in [0, 0.1) is 0 Å². The molecule has 3 rings (SSSR count). The molecule has 20 heavy (non-hydrogen) atoms. The van der Waals surface area contributed by atoms with Crippen molar-refractivity contribution in [3.05, 3.63) is 65.5 Å². The first-order valence-electron chi connectivity index (χ1n) is 6.16. The first kappa shape index (κ1) is 12.7. The normalized spacial score (nSPS) is 10.4. The van der Waals surface area contributed by atoms with Crippen molar-refractivity contribution in [1.82, 2.24) is 10.2 Å². The van der Waals surface area contributed by atoms with Crippen molar-refractivity contribution in [3.8, 4) is 11.5 Å². The van der Waals surface area contributed by atoms with Crippen molar-refractivity contribution in [2.75, 3.05) is 5.32 Å². The Balaban J connectivity index is 1.67. The molecule has 0 atom stereocenters. The number of anilines is 1. The molecule has 1 N–H and O–H groups in total. The van der Waals surface area contributed by atoms with Gasteiger partial charge in [-0.3, -0.25) is 0 Å². The van der Waals surface area contributed by atoms with Crippen molar-refractivity contribution in [2.45, 2.75) is 6.54 Å². The van der Waals surface area contributed by atoms with Crippen LogP contribution in [-0.4, -0.2) is 10.2 Å². The van der Waals surface area contributed by atoms with Gasteiger partial charge in [0.05, 0.1) is 0 Å². The maximum atomic E-state index is 5.95. The third kappa shape index (κ3) is 2.97. The molecule has 2 aromatic carbocycles. The first-order chi connectivity index (χ1) is 9.81. The van der Waals surface area contributed by atoms with Crippen LogP contribution in [0.4, 0.5) is 5.69 Å². The van der Waals surface area contributed by atoms with Gasteiger partial charge < -0.3 is 9.73 Å². The molecular formula is C15H12ClN3O. The van der Waals surface area contributed by atoms with E-state index in [0.717, 1.165) is 28.4 Å². The Morgan fingerprint density at radius 3 is 2.65 bits per heavy atom. The number of nitrogens with zero attached hydrogens (tertiary/aromatic N) is 2. The molecule has 0 unspecified atom stereocenters. The van der Waals surface area contributed by atoms with Crippen LogP contribution in [0.1, 0.15) is 5.56 Å². The second-order valence-electron chi connectivity index (χ2n) is 4.30. The summed E-state index contributed by atoms with van der Waals surface area (Å²) in [6, 6.07) is 15.6. The van der Waals surface area contributed by atoms with Gasteiger partial charge in [0, 0.05) is 22.8 Å². The number of benzene rings is 2. The minimum atomic E-state index is 0.520. The Labute approximate surface area is 121 Å². The predicted molar refractivity (Wildman–Crippen MR) is 78.5 cm³/mol. The number of hydrogen-bond donors (Lipinski definition) is 1. The van der Waals surface area contributed by atoms with Crippen LogP contribution in [0.25, 0.3) is 11.5 Å². The lowest BCUT2D eigenvalue weighted by molar-refractivity contribution is 0.568. The smallest absolute Gasteiger partial charge is 0.247 e. The number of halogens is 1. The van der Waals surface area contributed by atoms with E-state index in [0.29, 0.717) is 5.89 Å². The molecule has 5 heteroatoms. The second-order valence-corrected chi connectivity index (χ2v) is 4.74. The van der Waals surface area contributed by atoms with Crippen LogP contribution in [0.3, 0.4) is 0 Å². The molecule has 0 aliphatic carbocycles.